The molecule has 5 heteroatoms. The average Bonchev–Trinajstić information content (AvgIpc) is 2.86. The lowest BCUT2D eigenvalue weighted by molar-refractivity contribution is -0.144. The largest absolute Gasteiger partial charge is 0.370 e. The molecule has 0 aromatic heterocycles. The predicted octanol–water partition coefficient (Wildman–Crippen LogP) is 2.69. The van der Waals surface area contributed by atoms with Crippen LogP contribution in [-0.4, -0.2) is 31.5 Å². The summed E-state index contributed by atoms with van der Waals surface area (Å²) in [6, 6.07) is 8.21. The third-order valence-electron chi connectivity index (χ3n) is 3.57. The molecule has 0 aliphatic carbocycles. The Morgan fingerprint density at radius 2 is 2.10 bits per heavy atom. The summed E-state index contributed by atoms with van der Waals surface area (Å²) in [6.07, 6.45) is 0.696. The maximum Gasteiger partial charge on any atom is 0.193 e. The Bertz CT molecular complexity index is 494. The lowest BCUT2D eigenvalue weighted by Crippen LogP contribution is -2.28. The van der Waals surface area contributed by atoms with Crippen molar-refractivity contribution < 1.29 is 9.47 Å². The van der Waals surface area contributed by atoms with Gasteiger partial charge >= 0.3 is 0 Å². The highest BCUT2D eigenvalue weighted by Gasteiger charge is 2.30. The van der Waals surface area contributed by atoms with E-state index in [1.807, 2.05) is 19.1 Å². The Labute approximate surface area is 126 Å². The molecular weight excluding hydrogens is 266 g/mol. The first-order chi connectivity index (χ1) is 9.98. The van der Waals surface area contributed by atoms with Crippen molar-refractivity contribution in [3.05, 3.63) is 29.8 Å². The minimum absolute atomic E-state index is 0.414. The number of guanidine groups is 1. The van der Waals surface area contributed by atoms with Gasteiger partial charge in [0.25, 0.3) is 0 Å². The minimum atomic E-state index is -0.513. The minimum Gasteiger partial charge on any atom is -0.370 e. The van der Waals surface area contributed by atoms with Crippen LogP contribution in [0, 0.1) is 0 Å². The van der Waals surface area contributed by atoms with Crippen LogP contribution in [0.25, 0.3) is 0 Å². The van der Waals surface area contributed by atoms with Crippen LogP contribution in [0.3, 0.4) is 0 Å². The fourth-order valence-corrected chi connectivity index (χ4v) is 2.24. The zero-order valence-corrected chi connectivity index (χ0v) is 13.1. The van der Waals surface area contributed by atoms with E-state index in [0.717, 1.165) is 5.69 Å². The van der Waals surface area contributed by atoms with Crippen molar-refractivity contribution in [1.82, 2.24) is 0 Å². The molecule has 0 amide bonds. The molecule has 1 aliphatic heterocycles. The molecule has 1 aliphatic rings. The summed E-state index contributed by atoms with van der Waals surface area (Å²) in [6.45, 7) is 8.13. The summed E-state index contributed by atoms with van der Waals surface area (Å²) in [5.41, 5.74) is 8.15. The highest BCUT2D eigenvalue weighted by atomic mass is 16.7. The molecule has 2 rings (SSSR count). The lowest BCUT2D eigenvalue weighted by Gasteiger charge is -2.20. The number of rotatable bonds is 5. The van der Waals surface area contributed by atoms with Gasteiger partial charge in [0.15, 0.2) is 11.7 Å². The van der Waals surface area contributed by atoms with Crippen LogP contribution in [0.5, 0.6) is 0 Å². The number of anilines is 1. The van der Waals surface area contributed by atoms with Gasteiger partial charge in [0, 0.05) is 18.7 Å². The summed E-state index contributed by atoms with van der Waals surface area (Å²) in [5.74, 6) is 0.389. The SMILES string of the molecule is CC(C)c1cccc(NC(N)=NCCC2(C)OCCO2)c1. The molecule has 1 saturated heterocycles. The second kappa shape index (κ2) is 6.91. The standard InChI is InChI=1S/C16H25N3O2/c1-12(2)13-5-4-6-14(11-13)19-15(17)18-8-7-16(3)20-9-10-21-16/h4-6,11-12H,7-10H2,1-3H3,(H3,17,18,19). The number of ether oxygens (including phenoxy) is 2. The first kappa shape index (κ1) is 15.8. The molecule has 3 N–H and O–H groups in total. The fourth-order valence-electron chi connectivity index (χ4n) is 2.24. The van der Waals surface area contributed by atoms with E-state index in [-0.39, 0.29) is 0 Å². The van der Waals surface area contributed by atoms with Crippen LogP contribution in [0.1, 0.15) is 38.7 Å². The maximum absolute atomic E-state index is 5.92. The van der Waals surface area contributed by atoms with Crippen molar-refractivity contribution in [3.63, 3.8) is 0 Å². The van der Waals surface area contributed by atoms with E-state index in [0.29, 0.717) is 38.1 Å². The summed E-state index contributed by atoms with van der Waals surface area (Å²) < 4.78 is 11.1. The highest BCUT2D eigenvalue weighted by molar-refractivity contribution is 5.92. The third-order valence-corrected chi connectivity index (χ3v) is 3.57. The summed E-state index contributed by atoms with van der Waals surface area (Å²) >= 11 is 0. The van der Waals surface area contributed by atoms with Gasteiger partial charge < -0.3 is 20.5 Å². The van der Waals surface area contributed by atoms with Gasteiger partial charge in [-0.3, -0.25) is 4.99 Å². The van der Waals surface area contributed by atoms with Crippen LogP contribution < -0.4 is 11.1 Å². The smallest absolute Gasteiger partial charge is 0.193 e. The monoisotopic (exact) mass is 291 g/mol. The van der Waals surface area contributed by atoms with Crippen molar-refractivity contribution >= 4 is 11.6 Å². The third kappa shape index (κ3) is 4.72. The fraction of sp³-hybridized carbons (Fsp3) is 0.562. The van der Waals surface area contributed by atoms with Crippen molar-refractivity contribution in [2.45, 2.75) is 38.9 Å². The lowest BCUT2D eigenvalue weighted by atomic mass is 10.0. The molecule has 1 fully saturated rings. The highest BCUT2D eigenvalue weighted by Crippen LogP contribution is 2.22. The van der Waals surface area contributed by atoms with Crippen LogP contribution in [-0.2, 0) is 9.47 Å². The van der Waals surface area contributed by atoms with Gasteiger partial charge in [0.05, 0.1) is 13.2 Å². The van der Waals surface area contributed by atoms with Crippen molar-refractivity contribution in [3.8, 4) is 0 Å². The molecule has 5 nitrogen and oxygen atoms in total. The van der Waals surface area contributed by atoms with E-state index in [1.165, 1.54) is 5.56 Å². The van der Waals surface area contributed by atoms with Crippen LogP contribution in [0.4, 0.5) is 5.69 Å². The quantitative estimate of drug-likeness (QED) is 0.646. The molecule has 1 aromatic carbocycles. The second-order valence-electron chi connectivity index (χ2n) is 5.75. The molecule has 0 spiro atoms. The average molecular weight is 291 g/mol. The van der Waals surface area contributed by atoms with E-state index in [9.17, 15) is 0 Å². The second-order valence-corrected chi connectivity index (χ2v) is 5.75. The topological polar surface area (TPSA) is 68.9 Å². The molecule has 0 radical (unpaired) electrons. The number of hydrogen-bond acceptors (Lipinski definition) is 3. The van der Waals surface area contributed by atoms with E-state index < -0.39 is 5.79 Å². The number of nitrogens with one attached hydrogen (secondary N) is 1. The van der Waals surface area contributed by atoms with Crippen LogP contribution >= 0.6 is 0 Å². The van der Waals surface area contributed by atoms with Gasteiger partial charge in [-0.1, -0.05) is 26.0 Å². The van der Waals surface area contributed by atoms with E-state index in [4.69, 9.17) is 15.2 Å². The molecule has 0 atom stereocenters. The van der Waals surface area contributed by atoms with Gasteiger partial charge in [-0.05, 0) is 30.5 Å². The summed E-state index contributed by atoms with van der Waals surface area (Å²) in [7, 11) is 0. The Kier molecular flexibility index (Phi) is 5.20. The number of nitrogens with zero attached hydrogens (tertiary/aromatic N) is 1. The van der Waals surface area contributed by atoms with Crippen molar-refractivity contribution in [1.29, 1.82) is 0 Å². The number of hydrogen-bond donors (Lipinski definition) is 2. The number of nitrogens with two attached hydrogens (primary N) is 1. The molecule has 0 saturated carbocycles. The molecule has 1 aromatic rings. The first-order valence-electron chi connectivity index (χ1n) is 7.43. The van der Waals surface area contributed by atoms with Gasteiger partial charge in [0.1, 0.15) is 0 Å². The van der Waals surface area contributed by atoms with Crippen LogP contribution in [0.2, 0.25) is 0 Å². The van der Waals surface area contributed by atoms with E-state index >= 15 is 0 Å². The molecule has 21 heavy (non-hydrogen) atoms. The zero-order chi connectivity index (χ0) is 15.3. The predicted molar refractivity (Wildman–Crippen MR) is 85.6 cm³/mol. The Hall–Kier alpha value is -1.59. The van der Waals surface area contributed by atoms with Gasteiger partial charge in [0.2, 0.25) is 0 Å². The summed E-state index contributed by atoms with van der Waals surface area (Å²) in [5, 5.41) is 3.12. The Morgan fingerprint density at radius 1 is 1.38 bits per heavy atom. The van der Waals surface area contributed by atoms with Gasteiger partial charge in [-0.25, -0.2) is 0 Å². The van der Waals surface area contributed by atoms with Gasteiger partial charge in [-0.15, -0.1) is 0 Å². The van der Waals surface area contributed by atoms with E-state index in [1.54, 1.807) is 0 Å². The Morgan fingerprint density at radius 3 is 2.76 bits per heavy atom. The number of benzene rings is 1. The summed E-state index contributed by atoms with van der Waals surface area (Å²) in [4.78, 5) is 4.33. The maximum atomic E-state index is 5.92. The Balaban J connectivity index is 1.87. The molecule has 1 heterocycles. The normalized spacial score (nSPS) is 18.2. The zero-order valence-electron chi connectivity index (χ0n) is 13.1. The molecular formula is C16H25N3O2. The molecule has 116 valence electrons. The number of aliphatic imine (C=N–C) groups is 1. The van der Waals surface area contributed by atoms with Crippen molar-refractivity contribution in [2.75, 3.05) is 25.1 Å². The molecule has 0 bridgehead atoms. The first-order valence-corrected chi connectivity index (χ1v) is 7.43. The van der Waals surface area contributed by atoms with E-state index in [2.05, 4.69) is 36.3 Å². The van der Waals surface area contributed by atoms with Gasteiger partial charge in [-0.2, -0.15) is 0 Å². The molecule has 0 unspecified atom stereocenters. The van der Waals surface area contributed by atoms with Crippen LogP contribution in [0.15, 0.2) is 29.3 Å². The van der Waals surface area contributed by atoms with Crippen molar-refractivity contribution in [2.24, 2.45) is 10.7 Å².